The normalized spacial score (nSPS) is 13.6. The smallest absolute Gasteiger partial charge is 0.262 e. The van der Waals surface area contributed by atoms with Crippen LogP contribution in [0, 0.1) is 0 Å². The number of carbonyl (C=O) groups excluding carboxylic acids is 3. The highest BCUT2D eigenvalue weighted by atomic mass is 32.2. The number of fused-ring (bicyclic) bond motifs is 1. The average molecular weight is 417 g/mol. The molecular formula is C19H19N3O6S. The predicted molar refractivity (Wildman–Crippen MR) is 104 cm³/mol. The Morgan fingerprint density at radius 3 is 2.17 bits per heavy atom. The van der Waals surface area contributed by atoms with E-state index in [1.165, 1.54) is 51.5 Å². The van der Waals surface area contributed by atoms with E-state index in [9.17, 15) is 22.8 Å². The first-order valence-electron chi connectivity index (χ1n) is 8.52. The van der Waals surface area contributed by atoms with E-state index in [4.69, 9.17) is 4.74 Å². The summed E-state index contributed by atoms with van der Waals surface area (Å²) in [5.74, 6) is -1.55. The third kappa shape index (κ3) is 3.71. The van der Waals surface area contributed by atoms with Crippen molar-refractivity contribution in [3.63, 3.8) is 0 Å². The quantitative estimate of drug-likeness (QED) is 0.706. The second kappa shape index (κ2) is 7.64. The summed E-state index contributed by atoms with van der Waals surface area (Å²) in [6.07, 6.45) is 0. The van der Waals surface area contributed by atoms with Crippen LogP contribution in [0.15, 0.2) is 47.4 Å². The standard InChI is InChI=1S/C19H19N3O6S/c1-21(2)29(26,27)12-8-9-16(28-3)15(10-12)20-17(23)11-22-18(24)13-6-4-5-7-14(13)19(22)25/h4-10H,11H2,1-3H3,(H,20,23). The van der Waals surface area contributed by atoms with E-state index in [2.05, 4.69) is 5.32 Å². The van der Waals surface area contributed by atoms with Gasteiger partial charge in [-0.2, -0.15) is 0 Å². The number of anilines is 1. The van der Waals surface area contributed by atoms with Crippen LogP contribution < -0.4 is 10.1 Å². The van der Waals surface area contributed by atoms with Crippen molar-refractivity contribution < 1.29 is 27.5 Å². The first kappa shape index (κ1) is 20.5. The Morgan fingerprint density at radius 1 is 1.07 bits per heavy atom. The van der Waals surface area contributed by atoms with Crippen molar-refractivity contribution in [2.24, 2.45) is 0 Å². The molecule has 9 nitrogen and oxygen atoms in total. The van der Waals surface area contributed by atoms with E-state index in [0.717, 1.165) is 9.21 Å². The van der Waals surface area contributed by atoms with Gasteiger partial charge in [0.1, 0.15) is 12.3 Å². The van der Waals surface area contributed by atoms with Crippen molar-refractivity contribution in [2.45, 2.75) is 4.90 Å². The number of hydrogen-bond donors (Lipinski definition) is 1. The average Bonchev–Trinajstić information content (AvgIpc) is 2.93. The third-order valence-electron chi connectivity index (χ3n) is 4.40. The van der Waals surface area contributed by atoms with E-state index >= 15 is 0 Å². The Bertz CT molecular complexity index is 1080. The number of carbonyl (C=O) groups is 3. The van der Waals surface area contributed by atoms with Gasteiger partial charge >= 0.3 is 0 Å². The number of nitrogens with one attached hydrogen (secondary N) is 1. The maximum Gasteiger partial charge on any atom is 0.262 e. The Hall–Kier alpha value is -3.24. The van der Waals surface area contributed by atoms with Crippen LogP contribution in [-0.2, 0) is 14.8 Å². The highest BCUT2D eigenvalue weighted by molar-refractivity contribution is 7.89. The Labute approximate surface area is 167 Å². The SMILES string of the molecule is COc1ccc(S(=O)(=O)N(C)C)cc1NC(=O)CN1C(=O)c2ccccc2C1=O. The number of imide groups is 1. The fourth-order valence-electron chi connectivity index (χ4n) is 2.87. The molecule has 10 heteroatoms. The monoisotopic (exact) mass is 417 g/mol. The number of sulfonamides is 1. The first-order valence-corrected chi connectivity index (χ1v) is 9.96. The van der Waals surface area contributed by atoms with Gasteiger partial charge in [0, 0.05) is 14.1 Å². The van der Waals surface area contributed by atoms with Crippen LogP contribution >= 0.6 is 0 Å². The second-order valence-corrected chi connectivity index (χ2v) is 8.59. The summed E-state index contributed by atoms with van der Waals surface area (Å²) < 4.78 is 30.9. The summed E-state index contributed by atoms with van der Waals surface area (Å²) >= 11 is 0. The van der Waals surface area contributed by atoms with E-state index in [-0.39, 0.29) is 27.5 Å². The zero-order chi connectivity index (χ0) is 21.3. The Morgan fingerprint density at radius 2 is 1.66 bits per heavy atom. The minimum Gasteiger partial charge on any atom is -0.495 e. The summed E-state index contributed by atoms with van der Waals surface area (Å²) in [5.41, 5.74) is 0.584. The molecule has 0 fully saturated rings. The maximum absolute atomic E-state index is 12.5. The fraction of sp³-hybridized carbons (Fsp3) is 0.211. The van der Waals surface area contributed by atoms with Crippen LogP contribution in [0.4, 0.5) is 5.69 Å². The molecule has 0 unspecified atom stereocenters. The molecule has 0 spiro atoms. The molecule has 2 aromatic rings. The highest BCUT2D eigenvalue weighted by Crippen LogP contribution is 2.29. The number of nitrogens with zero attached hydrogens (tertiary/aromatic N) is 2. The van der Waals surface area contributed by atoms with E-state index in [1.807, 2.05) is 0 Å². The lowest BCUT2D eigenvalue weighted by molar-refractivity contribution is -0.116. The minimum atomic E-state index is -3.73. The van der Waals surface area contributed by atoms with Gasteiger partial charge in [-0.1, -0.05) is 12.1 Å². The van der Waals surface area contributed by atoms with Crippen LogP contribution in [0.1, 0.15) is 20.7 Å². The molecule has 0 bridgehead atoms. The third-order valence-corrected chi connectivity index (χ3v) is 6.21. The van der Waals surface area contributed by atoms with Gasteiger partial charge in [0.15, 0.2) is 0 Å². The van der Waals surface area contributed by atoms with Gasteiger partial charge in [-0.15, -0.1) is 0 Å². The molecule has 0 aliphatic carbocycles. The van der Waals surface area contributed by atoms with Gasteiger partial charge in [0.2, 0.25) is 15.9 Å². The van der Waals surface area contributed by atoms with Gasteiger partial charge < -0.3 is 10.1 Å². The molecule has 0 atom stereocenters. The lowest BCUT2D eigenvalue weighted by Crippen LogP contribution is -2.37. The van der Waals surface area contributed by atoms with Gasteiger partial charge in [-0.05, 0) is 30.3 Å². The van der Waals surface area contributed by atoms with Crippen LogP contribution in [0.5, 0.6) is 5.75 Å². The summed E-state index contributed by atoms with van der Waals surface area (Å²) in [6, 6.07) is 10.3. The minimum absolute atomic E-state index is 0.0423. The molecule has 29 heavy (non-hydrogen) atoms. The summed E-state index contributed by atoms with van der Waals surface area (Å²) in [4.78, 5) is 38.1. The molecule has 1 aliphatic rings. The first-order chi connectivity index (χ1) is 13.7. The lowest BCUT2D eigenvalue weighted by Gasteiger charge is -2.17. The summed E-state index contributed by atoms with van der Waals surface area (Å²) in [5, 5.41) is 2.51. The van der Waals surface area contributed by atoms with E-state index in [1.54, 1.807) is 12.1 Å². The van der Waals surface area contributed by atoms with Crippen molar-refractivity contribution in [3.05, 3.63) is 53.6 Å². The number of hydrogen-bond acceptors (Lipinski definition) is 6. The molecule has 3 amide bonds. The van der Waals surface area contributed by atoms with Crippen molar-refractivity contribution in [1.82, 2.24) is 9.21 Å². The number of amides is 3. The number of ether oxygens (including phenoxy) is 1. The maximum atomic E-state index is 12.5. The Kier molecular flexibility index (Phi) is 5.40. The van der Waals surface area contributed by atoms with Crippen LogP contribution in [0.25, 0.3) is 0 Å². The largest absolute Gasteiger partial charge is 0.495 e. The van der Waals surface area contributed by atoms with Crippen molar-refractivity contribution in [2.75, 3.05) is 33.1 Å². The highest BCUT2D eigenvalue weighted by Gasteiger charge is 2.36. The van der Waals surface area contributed by atoms with Gasteiger partial charge in [-0.3, -0.25) is 19.3 Å². The van der Waals surface area contributed by atoms with Crippen LogP contribution in [0.3, 0.4) is 0 Å². The molecule has 1 heterocycles. The molecule has 2 aromatic carbocycles. The van der Waals surface area contributed by atoms with E-state index in [0.29, 0.717) is 0 Å². The molecule has 1 aliphatic heterocycles. The molecule has 1 N–H and O–H groups in total. The zero-order valence-corrected chi connectivity index (χ0v) is 16.8. The number of methoxy groups -OCH3 is 1. The second-order valence-electron chi connectivity index (χ2n) is 6.44. The fourth-order valence-corrected chi connectivity index (χ4v) is 3.80. The van der Waals surface area contributed by atoms with E-state index < -0.39 is 34.3 Å². The van der Waals surface area contributed by atoms with Gasteiger partial charge in [-0.25, -0.2) is 12.7 Å². The molecular weight excluding hydrogens is 398 g/mol. The Balaban J connectivity index is 1.83. The molecule has 152 valence electrons. The van der Waals surface area contributed by atoms with Crippen molar-refractivity contribution in [1.29, 1.82) is 0 Å². The summed E-state index contributed by atoms with van der Waals surface area (Å²) in [7, 11) is 0.420. The van der Waals surface area contributed by atoms with Crippen molar-refractivity contribution in [3.8, 4) is 5.75 Å². The van der Waals surface area contributed by atoms with Crippen LogP contribution in [-0.4, -0.2) is 63.1 Å². The molecule has 3 rings (SSSR count). The molecule has 0 radical (unpaired) electrons. The number of benzene rings is 2. The molecule has 0 saturated carbocycles. The number of rotatable bonds is 6. The summed E-state index contributed by atoms with van der Waals surface area (Å²) in [6.45, 7) is -0.514. The molecule has 0 saturated heterocycles. The zero-order valence-electron chi connectivity index (χ0n) is 16.0. The van der Waals surface area contributed by atoms with Crippen LogP contribution in [0.2, 0.25) is 0 Å². The lowest BCUT2D eigenvalue weighted by atomic mass is 10.1. The molecule has 0 aromatic heterocycles. The van der Waals surface area contributed by atoms with Gasteiger partial charge in [0.25, 0.3) is 11.8 Å². The topological polar surface area (TPSA) is 113 Å². The predicted octanol–water partition coefficient (Wildman–Crippen LogP) is 1.18. The van der Waals surface area contributed by atoms with Crippen molar-refractivity contribution >= 4 is 33.4 Å². The van der Waals surface area contributed by atoms with Gasteiger partial charge in [0.05, 0.1) is 28.8 Å².